The van der Waals surface area contributed by atoms with E-state index in [0.717, 1.165) is 11.3 Å². The fraction of sp³-hybridized carbons (Fsp3) is 0.290. The molecular formula is C31H34N4O5S2. The molecule has 0 saturated heterocycles. The van der Waals surface area contributed by atoms with Crippen LogP contribution in [0.15, 0.2) is 71.7 Å². The number of hydrogen-bond donors (Lipinski definition) is 1. The van der Waals surface area contributed by atoms with Crippen molar-refractivity contribution in [2.45, 2.75) is 44.5 Å². The number of nitrogens with zero attached hydrogens (tertiary/aromatic N) is 3. The maximum atomic E-state index is 13.0. The number of carbonyl (C=O) groups excluding carboxylic acids is 2. The minimum absolute atomic E-state index is 0.0531. The van der Waals surface area contributed by atoms with Crippen molar-refractivity contribution in [2.24, 2.45) is 0 Å². The Morgan fingerprint density at radius 2 is 1.74 bits per heavy atom. The molecule has 4 aromatic rings. The lowest BCUT2D eigenvalue weighted by Gasteiger charge is -2.16. The Morgan fingerprint density at radius 3 is 2.36 bits per heavy atom. The van der Waals surface area contributed by atoms with Gasteiger partial charge >= 0.3 is 5.97 Å². The predicted molar refractivity (Wildman–Crippen MR) is 167 cm³/mol. The summed E-state index contributed by atoms with van der Waals surface area (Å²) >= 11 is 2.50. The molecule has 1 atom stereocenters. The Kier molecular flexibility index (Phi) is 10.4. The van der Waals surface area contributed by atoms with Gasteiger partial charge in [0.25, 0.3) is 0 Å². The molecule has 0 saturated carbocycles. The number of anilines is 1. The van der Waals surface area contributed by atoms with Gasteiger partial charge in [0.15, 0.2) is 17.1 Å². The third kappa shape index (κ3) is 7.21. The zero-order valence-electron chi connectivity index (χ0n) is 24.2. The lowest BCUT2D eigenvalue weighted by Crippen LogP contribution is -2.17. The fourth-order valence-electron chi connectivity index (χ4n) is 4.23. The van der Waals surface area contributed by atoms with Crippen molar-refractivity contribution in [3.05, 3.63) is 83.5 Å². The van der Waals surface area contributed by atoms with Crippen LogP contribution >= 0.6 is 23.1 Å². The maximum Gasteiger partial charge on any atom is 0.341 e. The number of aromatic nitrogens is 3. The van der Waals surface area contributed by atoms with Gasteiger partial charge in [-0.15, -0.1) is 28.1 Å². The summed E-state index contributed by atoms with van der Waals surface area (Å²) in [7, 11) is 2.90. The second-order valence-electron chi connectivity index (χ2n) is 9.63. The van der Waals surface area contributed by atoms with Gasteiger partial charge in [-0.25, -0.2) is 4.79 Å². The molecule has 220 valence electrons. The minimum Gasteiger partial charge on any atom is -0.497 e. The molecule has 0 aliphatic heterocycles. The van der Waals surface area contributed by atoms with Gasteiger partial charge < -0.3 is 19.5 Å². The lowest BCUT2D eigenvalue weighted by molar-refractivity contribution is -0.113. The SMILES string of the molecule is C=CCn1c(SCC(=O)Nc2scc(-c3ccc(OC)cc3)c2C(=O)OC)nnc1C(C)Oc1ccc(C(C)C)cc1. The number of carbonyl (C=O) groups is 2. The van der Waals surface area contributed by atoms with Crippen LogP contribution in [-0.4, -0.2) is 46.6 Å². The lowest BCUT2D eigenvalue weighted by atomic mass is 10.0. The number of hydrogen-bond acceptors (Lipinski definition) is 9. The number of thioether (sulfide) groups is 1. The normalized spacial score (nSPS) is 11.7. The van der Waals surface area contributed by atoms with Gasteiger partial charge in [0.1, 0.15) is 22.1 Å². The van der Waals surface area contributed by atoms with E-state index in [1.54, 1.807) is 13.2 Å². The van der Waals surface area contributed by atoms with E-state index in [4.69, 9.17) is 14.2 Å². The number of allylic oxidation sites excluding steroid dienone is 1. The quantitative estimate of drug-likeness (QED) is 0.0987. The number of benzene rings is 2. The average molecular weight is 607 g/mol. The summed E-state index contributed by atoms with van der Waals surface area (Å²) in [5.74, 6) is 1.73. The summed E-state index contributed by atoms with van der Waals surface area (Å²) in [5, 5.41) is 14.3. The molecule has 0 radical (unpaired) electrons. The smallest absolute Gasteiger partial charge is 0.341 e. The Bertz CT molecular complexity index is 1530. The highest BCUT2D eigenvalue weighted by Gasteiger charge is 2.24. The van der Waals surface area contributed by atoms with E-state index in [9.17, 15) is 9.59 Å². The average Bonchev–Trinajstić information content (AvgIpc) is 3.60. The molecule has 1 amide bonds. The Morgan fingerprint density at radius 1 is 1.05 bits per heavy atom. The first-order valence-corrected chi connectivity index (χ1v) is 15.2. The van der Waals surface area contributed by atoms with Crippen LogP contribution in [0.3, 0.4) is 0 Å². The van der Waals surface area contributed by atoms with Crippen molar-refractivity contribution in [2.75, 3.05) is 25.3 Å². The summed E-state index contributed by atoms with van der Waals surface area (Å²) in [5.41, 5.74) is 3.01. The molecular weight excluding hydrogens is 572 g/mol. The molecule has 0 aliphatic carbocycles. The van der Waals surface area contributed by atoms with Gasteiger partial charge in [0.2, 0.25) is 5.91 Å². The van der Waals surface area contributed by atoms with Crippen LogP contribution in [0.5, 0.6) is 11.5 Å². The monoisotopic (exact) mass is 606 g/mol. The van der Waals surface area contributed by atoms with Crippen LogP contribution in [0, 0.1) is 0 Å². The van der Waals surface area contributed by atoms with Crippen molar-refractivity contribution in [1.82, 2.24) is 14.8 Å². The molecule has 0 fully saturated rings. The van der Waals surface area contributed by atoms with Crippen LogP contribution in [0.2, 0.25) is 0 Å². The highest BCUT2D eigenvalue weighted by atomic mass is 32.2. The molecule has 2 aromatic carbocycles. The predicted octanol–water partition coefficient (Wildman–Crippen LogP) is 6.98. The van der Waals surface area contributed by atoms with Crippen molar-refractivity contribution in [3.63, 3.8) is 0 Å². The van der Waals surface area contributed by atoms with Crippen LogP contribution in [0.1, 0.15) is 54.5 Å². The Hall–Kier alpha value is -4.09. The summed E-state index contributed by atoms with van der Waals surface area (Å²) in [6, 6.07) is 15.3. The number of rotatable bonds is 13. The number of nitrogens with one attached hydrogen (secondary N) is 1. The topological polar surface area (TPSA) is 105 Å². The van der Waals surface area contributed by atoms with E-state index in [-0.39, 0.29) is 17.8 Å². The van der Waals surface area contributed by atoms with E-state index in [1.165, 1.54) is 35.8 Å². The zero-order valence-corrected chi connectivity index (χ0v) is 25.9. The van der Waals surface area contributed by atoms with E-state index < -0.39 is 5.97 Å². The Labute approximate surface area is 253 Å². The third-order valence-corrected chi connectivity index (χ3v) is 8.31. The molecule has 0 bridgehead atoms. The molecule has 4 rings (SSSR count). The van der Waals surface area contributed by atoms with Gasteiger partial charge in [0, 0.05) is 17.5 Å². The van der Waals surface area contributed by atoms with E-state index in [1.807, 2.05) is 53.3 Å². The van der Waals surface area contributed by atoms with Crippen LogP contribution in [0.4, 0.5) is 5.00 Å². The van der Waals surface area contributed by atoms with Crippen molar-refractivity contribution in [3.8, 4) is 22.6 Å². The van der Waals surface area contributed by atoms with Crippen molar-refractivity contribution >= 4 is 40.0 Å². The number of esters is 1. The van der Waals surface area contributed by atoms with Gasteiger partial charge in [-0.3, -0.25) is 9.36 Å². The van der Waals surface area contributed by atoms with Gasteiger partial charge in [-0.1, -0.05) is 56.0 Å². The molecule has 42 heavy (non-hydrogen) atoms. The molecule has 0 spiro atoms. The fourth-order valence-corrected chi connectivity index (χ4v) is 5.96. The first-order chi connectivity index (χ1) is 20.2. The molecule has 9 nitrogen and oxygen atoms in total. The zero-order chi connectivity index (χ0) is 30.2. The summed E-state index contributed by atoms with van der Waals surface area (Å²) in [6.07, 6.45) is 1.37. The first kappa shape index (κ1) is 30.9. The summed E-state index contributed by atoms with van der Waals surface area (Å²) in [6.45, 7) is 10.5. The highest BCUT2D eigenvalue weighted by Crippen LogP contribution is 2.37. The first-order valence-electron chi connectivity index (χ1n) is 13.3. The van der Waals surface area contributed by atoms with E-state index in [0.29, 0.717) is 45.3 Å². The third-order valence-electron chi connectivity index (χ3n) is 6.45. The van der Waals surface area contributed by atoms with Crippen molar-refractivity contribution in [1.29, 1.82) is 0 Å². The second-order valence-corrected chi connectivity index (χ2v) is 11.5. The summed E-state index contributed by atoms with van der Waals surface area (Å²) < 4.78 is 18.3. The van der Waals surface area contributed by atoms with E-state index >= 15 is 0 Å². The summed E-state index contributed by atoms with van der Waals surface area (Å²) in [4.78, 5) is 25.7. The number of amides is 1. The van der Waals surface area contributed by atoms with Crippen LogP contribution < -0.4 is 14.8 Å². The van der Waals surface area contributed by atoms with Crippen molar-refractivity contribution < 1.29 is 23.8 Å². The molecule has 2 aromatic heterocycles. The molecule has 2 heterocycles. The maximum absolute atomic E-state index is 13.0. The van der Waals surface area contributed by atoms with Crippen LogP contribution in [0.25, 0.3) is 11.1 Å². The van der Waals surface area contributed by atoms with Gasteiger partial charge in [-0.2, -0.15) is 0 Å². The number of ether oxygens (including phenoxy) is 3. The standard InChI is InChI=1S/C31H34N4O5S2/c1-7-16-35-28(20(4)40-24-14-8-21(9-15-24)19(2)3)33-34-31(35)42-18-26(36)32-29-27(30(37)39-6)25(17-41-29)22-10-12-23(38-5)13-11-22/h7-15,17,19-20H,1,16,18H2,2-6H3,(H,32,36). The highest BCUT2D eigenvalue weighted by molar-refractivity contribution is 7.99. The Balaban J connectivity index is 1.46. The van der Waals surface area contributed by atoms with Crippen LogP contribution in [-0.2, 0) is 16.1 Å². The number of methoxy groups -OCH3 is 2. The minimum atomic E-state index is -0.534. The number of thiophene rings is 1. The second kappa shape index (κ2) is 14.2. The van der Waals surface area contributed by atoms with Gasteiger partial charge in [-0.05, 0) is 48.2 Å². The molecule has 11 heteroatoms. The molecule has 1 unspecified atom stereocenters. The van der Waals surface area contributed by atoms with E-state index in [2.05, 4.69) is 48.1 Å². The van der Waals surface area contributed by atoms with Gasteiger partial charge in [0.05, 0.1) is 20.0 Å². The molecule has 1 N–H and O–H groups in total. The largest absolute Gasteiger partial charge is 0.497 e. The molecule has 0 aliphatic rings.